The molecule has 4 rings (SSSR count). The molecule has 1 aromatic carbocycles. The van der Waals surface area contributed by atoms with Gasteiger partial charge in [0.15, 0.2) is 0 Å². The SMILES string of the molecule is Clc1cccc(Cc2ncc(-c3cc(-c4nn[nH]n4)ccn3)[nH]2)c1Cl. The summed E-state index contributed by atoms with van der Waals surface area (Å²) in [5.41, 5.74) is 3.24. The second-order valence-corrected chi connectivity index (χ2v) is 6.08. The number of benzene rings is 1. The number of nitrogens with zero attached hydrogens (tertiary/aromatic N) is 5. The van der Waals surface area contributed by atoms with E-state index in [2.05, 4.69) is 35.6 Å². The largest absolute Gasteiger partial charge is 0.340 e. The predicted octanol–water partition coefficient (Wildman–Crippen LogP) is 3.55. The highest BCUT2D eigenvalue weighted by Gasteiger charge is 2.11. The molecular weight excluding hydrogens is 361 g/mol. The third-order valence-corrected chi connectivity index (χ3v) is 4.52. The molecule has 9 heteroatoms. The topological polar surface area (TPSA) is 96.0 Å². The quantitative estimate of drug-likeness (QED) is 0.571. The minimum absolute atomic E-state index is 0.508. The maximum atomic E-state index is 6.24. The van der Waals surface area contributed by atoms with Crippen LogP contribution in [0.4, 0.5) is 0 Å². The molecule has 0 radical (unpaired) electrons. The average Bonchev–Trinajstić information content (AvgIpc) is 3.31. The first-order valence-electron chi connectivity index (χ1n) is 7.38. The van der Waals surface area contributed by atoms with Gasteiger partial charge in [-0.15, -0.1) is 10.2 Å². The number of H-pyrrole nitrogens is 2. The van der Waals surface area contributed by atoms with Crippen LogP contribution in [0.2, 0.25) is 10.0 Å². The van der Waals surface area contributed by atoms with Gasteiger partial charge in [-0.05, 0) is 29.0 Å². The van der Waals surface area contributed by atoms with Crippen LogP contribution >= 0.6 is 23.2 Å². The second kappa shape index (κ2) is 6.62. The van der Waals surface area contributed by atoms with Crippen molar-refractivity contribution in [3.63, 3.8) is 0 Å². The molecule has 0 saturated carbocycles. The normalized spacial score (nSPS) is 11.0. The van der Waals surface area contributed by atoms with Crippen molar-refractivity contribution in [3.8, 4) is 22.8 Å². The highest BCUT2D eigenvalue weighted by atomic mass is 35.5. The van der Waals surface area contributed by atoms with Crippen molar-refractivity contribution >= 4 is 23.2 Å². The zero-order valence-corrected chi connectivity index (χ0v) is 14.3. The molecule has 0 aliphatic carbocycles. The zero-order chi connectivity index (χ0) is 17.2. The summed E-state index contributed by atoms with van der Waals surface area (Å²) in [5, 5.41) is 15.0. The maximum absolute atomic E-state index is 6.24. The van der Waals surface area contributed by atoms with Gasteiger partial charge in [0, 0.05) is 18.2 Å². The Morgan fingerprint density at radius 2 is 2.00 bits per heavy atom. The number of aromatic nitrogens is 7. The molecule has 25 heavy (non-hydrogen) atoms. The molecule has 0 atom stereocenters. The van der Waals surface area contributed by atoms with E-state index in [9.17, 15) is 0 Å². The van der Waals surface area contributed by atoms with Crippen LogP contribution in [0.3, 0.4) is 0 Å². The van der Waals surface area contributed by atoms with E-state index in [-0.39, 0.29) is 0 Å². The van der Waals surface area contributed by atoms with E-state index in [1.54, 1.807) is 18.5 Å². The number of hydrogen-bond donors (Lipinski definition) is 2. The summed E-state index contributed by atoms with van der Waals surface area (Å²) in [6, 6.07) is 9.23. The summed E-state index contributed by atoms with van der Waals surface area (Å²) in [4.78, 5) is 12.0. The molecule has 124 valence electrons. The Morgan fingerprint density at radius 3 is 2.84 bits per heavy atom. The Hall–Kier alpha value is -2.77. The molecule has 0 saturated heterocycles. The third kappa shape index (κ3) is 3.24. The molecule has 0 aliphatic rings. The van der Waals surface area contributed by atoms with Gasteiger partial charge in [-0.1, -0.05) is 35.3 Å². The Bertz CT molecular complexity index is 1010. The molecule has 0 amide bonds. The fourth-order valence-electron chi connectivity index (χ4n) is 2.45. The van der Waals surface area contributed by atoms with E-state index in [0.29, 0.717) is 22.3 Å². The molecule has 7 nitrogen and oxygen atoms in total. The molecule has 4 aromatic rings. The Balaban J connectivity index is 1.61. The maximum Gasteiger partial charge on any atom is 0.204 e. The summed E-state index contributed by atoms with van der Waals surface area (Å²) in [5.74, 6) is 1.28. The fraction of sp³-hybridized carbons (Fsp3) is 0.0625. The van der Waals surface area contributed by atoms with Gasteiger partial charge in [0.25, 0.3) is 0 Å². The second-order valence-electron chi connectivity index (χ2n) is 5.30. The van der Waals surface area contributed by atoms with Crippen molar-refractivity contribution in [1.82, 2.24) is 35.6 Å². The van der Waals surface area contributed by atoms with Crippen LogP contribution in [0.1, 0.15) is 11.4 Å². The van der Waals surface area contributed by atoms with E-state index in [0.717, 1.165) is 28.3 Å². The Kier molecular flexibility index (Phi) is 4.17. The number of imidazole rings is 1. The van der Waals surface area contributed by atoms with Crippen molar-refractivity contribution in [3.05, 3.63) is 64.2 Å². The van der Waals surface area contributed by atoms with Crippen LogP contribution in [0.15, 0.2) is 42.7 Å². The average molecular weight is 372 g/mol. The van der Waals surface area contributed by atoms with Crippen LogP contribution in [0.5, 0.6) is 0 Å². The lowest BCUT2D eigenvalue weighted by Crippen LogP contribution is -1.93. The molecular formula is C16H11Cl2N7. The van der Waals surface area contributed by atoms with Crippen molar-refractivity contribution in [2.24, 2.45) is 0 Å². The molecule has 0 unspecified atom stereocenters. The van der Waals surface area contributed by atoms with E-state index in [4.69, 9.17) is 23.2 Å². The van der Waals surface area contributed by atoms with E-state index in [1.165, 1.54) is 0 Å². The first-order valence-corrected chi connectivity index (χ1v) is 8.13. The lowest BCUT2D eigenvalue weighted by molar-refractivity contribution is 0.881. The molecule has 0 bridgehead atoms. The van der Waals surface area contributed by atoms with Crippen molar-refractivity contribution in [1.29, 1.82) is 0 Å². The van der Waals surface area contributed by atoms with Gasteiger partial charge in [0.1, 0.15) is 5.82 Å². The third-order valence-electron chi connectivity index (χ3n) is 3.66. The number of halogens is 2. The first kappa shape index (κ1) is 15.7. The summed E-state index contributed by atoms with van der Waals surface area (Å²) < 4.78 is 0. The monoisotopic (exact) mass is 371 g/mol. The standard InChI is InChI=1S/C16H11Cl2N7/c17-11-3-1-2-9(15(11)18)7-14-20-8-13(21-14)12-6-10(4-5-19-12)16-22-24-25-23-16/h1-6,8H,7H2,(H,20,21)(H,22,23,24,25). The lowest BCUT2D eigenvalue weighted by atomic mass is 10.1. The van der Waals surface area contributed by atoms with Crippen LogP contribution in [0, 0.1) is 0 Å². The van der Waals surface area contributed by atoms with Gasteiger partial charge >= 0.3 is 0 Å². The number of nitrogens with one attached hydrogen (secondary N) is 2. The van der Waals surface area contributed by atoms with Crippen LogP contribution < -0.4 is 0 Å². The smallest absolute Gasteiger partial charge is 0.204 e. The molecule has 3 aromatic heterocycles. The van der Waals surface area contributed by atoms with Crippen molar-refractivity contribution < 1.29 is 0 Å². The van der Waals surface area contributed by atoms with Gasteiger partial charge < -0.3 is 4.98 Å². The Morgan fingerprint density at radius 1 is 1.08 bits per heavy atom. The van der Waals surface area contributed by atoms with E-state index in [1.807, 2.05) is 24.3 Å². The van der Waals surface area contributed by atoms with Crippen LogP contribution in [0.25, 0.3) is 22.8 Å². The number of aromatic amines is 2. The number of rotatable bonds is 4. The lowest BCUT2D eigenvalue weighted by Gasteiger charge is -2.03. The predicted molar refractivity (Wildman–Crippen MR) is 94.3 cm³/mol. The fourth-order valence-corrected chi connectivity index (χ4v) is 2.84. The van der Waals surface area contributed by atoms with Gasteiger partial charge in [0.05, 0.1) is 27.6 Å². The van der Waals surface area contributed by atoms with Gasteiger partial charge in [-0.2, -0.15) is 5.21 Å². The molecule has 2 N–H and O–H groups in total. The van der Waals surface area contributed by atoms with E-state index < -0.39 is 0 Å². The van der Waals surface area contributed by atoms with Crippen LogP contribution in [-0.4, -0.2) is 35.6 Å². The minimum Gasteiger partial charge on any atom is -0.340 e. The highest BCUT2D eigenvalue weighted by Crippen LogP contribution is 2.27. The van der Waals surface area contributed by atoms with Gasteiger partial charge in [-0.25, -0.2) is 4.98 Å². The summed E-state index contributed by atoms with van der Waals surface area (Å²) in [6.07, 6.45) is 3.97. The minimum atomic E-state index is 0.508. The first-order chi connectivity index (χ1) is 12.2. The van der Waals surface area contributed by atoms with Gasteiger partial charge in [0.2, 0.25) is 5.82 Å². The van der Waals surface area contributed by atoms with E-state index >= 15 is 0 Å². The molecule has 0 spiro atoms. The van der Waals surface area contributed by atoms with Crippen molar-refractivity contribution in [2.75, 3.05) is 0 Å². The summed E-state index contributed by atoms with van der Waals surface area (Å²) >= 11 is 12.3. The van der Waals surface area contributed by atoms with Crippen molar-refractivity contribution in [2.45, 2.75) is 6.42 Å². The number of pyridine rings is 1. The zero-order valence-electron chi connectivity index (χ0n) is 12.7. The summed E-state index contributed by atoms with van der Waals surface area (Å²) in [7, 11) is 0. The highest BCUT2D eigenvalue weighted by molar-refractivity contribution is 6.42. The van der Waals surface area contributed by atoms with Crippen LogP contribution in [-0.2, 0) is 6.42 Å². The van der Waals surface area contributed by atoms with Gasteiger partial charge in [-0.3, -0.25) is 4.98 Å². The molecule has 0 aliphatic heterocycles. The summed E-state index contributed by atoms with van der Waals surface area (Å²) in [6.45, 7) is 0. The number of hydrogen-bond acceptors (Lipinski definition) is 5. The number of tetrazole rings is 1. The molecule has 0 fully saturated rings. The Labute approximate surface area is 152 Å². The molecule has 3 heterocycles.